The predicted octanol–water partition coefficient (Wildman–Crippen LogP) is 2.92. The number of aromatic nitrogens is 2. The molecule has 1 unspecified atom stereocenters. The molecule has 3 aromatic rings. The van der Waals surface area contributed by atoms with E-state index in [2.05, 4.69) is 20.4 Å². The summed E-state index contributed by atoms with van der Waals surface area (Å²) in [5, 5.41) is 4.24. The molecule has 0 radical (unpaired) electrons. The Morgan fingerprint density at radius 3 is 2.45 bits per heavy atom. The van der Waals surface area contributed by atoms with Crippen molar-refractivity contribution in [2.45, 2.75) is 23.9 Å². The summed E-state index contributed by atoms with van der Waals surface area (Å²) in [6.45, 7) is -1.41. The lowest BCUT2D eigenvalue weighted by Crippen LogP contribution is -2.41. The number of amides is 3. The first-order chi connectivity index (χ1) is 14.8. The standard InChI is InChI=1S/C20H18F2N4O4S/c1-11(16(27)25-19(29)23-2)31-20-24-15-6-4-3-5-14(15)17(28)26(20)12-7-9-13(10-8-12)30-18(21)22/h3-11,18H,1-2H3,(H2,23,25,27,29). The first-order valence-electron chi connectivity index (χ1n) is 9.06. The minimum Gasteiger partial charge on any atom is -0.435 e. The summed E-state index contributed by atoms with van der Waals surface area (Å²) >= 11 is 0.978. The average Bonchev–Trinajstić information content (AvgIpc) is 2.74. The molecule has 1 aromatic heterocycles. The molecule has 0 aliphatic carbocycles. The Bertz CT molecular complexity index is 1170. The molecule has 0 spiro atoms. The van der Waals surface area contributed by atoms with Crippen LogP contribution in [0, 0.1) is 0 Å². The molecule has 0 fully saturated rings. The number of nitrogens with zero attached hydrogens (tertiary/aromatic N) is 2. The van der Waals surface area contributed by atoms with Crippen LogP contribution in [0.4, 0.5) is 13.6 Å². The van der Waals surface area contributed by atoms with Crippen LogP contribution in [-0.4, -0.2) is 40.4 Å². The lowest BCUT2D eigenvalue weighted by molar-refractivity contribution is -0.119. The minimum atomic E-state index is -2.97. The number of urea groups is 1. The van der Waals surface area contributed by atoms with E-state index in [-0.39, 0.29) is 10.9 Å². The summed E-state index contributed by atoms with van der Waals surface area (Å²) in [5.74, 6) is -0.632. The van der Waals surface area contributed by atoms with E-state index in [4.69, 9.17) is 0 Å². The Balaban J connectivity index is 2.04. The number of carbonyl (C=O) groups excluding carboxylic acids is 2. The molecule has 3 rings (SSSR count). The largest absolute Gasteiger partial charge is 0.435 e. The van der Waals surface area contributed by atoms with Gasteiger partial charge in [-0.05, 0) is 43.3 Å². The van der Waals surface area contributed by atoms with E-state index in [0.29, 0.717) is 16.6 Å². The Labute approximate surface area is 179 Å². The van der Waals surface area contributed by atoms with Crippen LogP contribution in [-0.2, 0) is 4.79 Å². The molecule has 2 aromatic carbocycles. The van der Waals surface area contributed by atoms with Gasteiger partial charge in [-0.1, -0.05) is 23.9 Å². The number of ether oxygens (including phenoxy) is 1. The SMILES string of the molecule is CNC(=O)NC(=O)C(C)Sc1nc2ccccc2c(=O)n1-c1ccc(OC(F)F)cc1. The van der Waals surface area contributed by atoms with Crippen molar-refractivity contribution in [1.29, 1.82) is 0 Å². The number of alkyl halides is 2. The van der Waals surface area contributed by atoms with Crippen LogP contribution < -0.4 is 20.9 Å². The maximum Gasteiger partial charge on any atom is 0.387 e. The van der Waals surface area contributed by atoms with Gasteiger partial charge in [-0.3, -0.25) is 19.5 Å². The highest BCUT2D eigenvalue weighted by Crippen LogP contribution is 2.26. The van der Waals surface area contributed by atoms with Gasteiger partial charge in [0.25, 0.3) is 5.56 Å². The number of hydrogen-bond acceptors (Lipinski definition) is 6. The van der Waals surface area contributed by atoms with Gasteiger partial charge in [0.2, 0.25) is 5.91 Å². The zero-order chi connectivity index (χ0) is 22.5. The van der Waals surface area contributed by atoms with Gasteiger partial charge in [0.05, 0.1) is 21.8 Å². The van der Waals surface area contributed by atoms with Crippen molar-refractivity contribution in [3.8, 4) is 11.4 Å². The highest BCUT2D eigenvalue weighted by atomic mass is 32.2. The Kier molecular flexibility index (Phi) is 6.85. The topological polar surface area (TPSA) is 102 Å². The predicted molar refractivity (Wildman–Crippen MR) is 112 cm³/mol. The van der Waals surface area contributed by atoms with Crippen molar-refractivity contribution in [1.82, 2.24) is 20.2 Å². The molecule has 31 heavy (non-hydrogen) atoms. The Hall–Kier alpha value is -3.47. The van der Waals surface area contributed by atoms with Crippen LogP contribution in [0.25, 0.3) is 16.6 Å². The second kappa shape index (κ2) is 9.56. The molecule has 0 saturated carbocycles. The van der Waals surface area contributed by atoms with Crippen LogP contribution >= 0.6 is 11.8 Å². The van der Waals surface area contributed by atoms with E-state index in [0.717, 1.165) is 11.8 Å². The van der Waals surface area contributed by atoms with E-state index >= 15 is 0 Å². The summed E-state index contributed by atoms with van der Waals surface area (Å²) in [6, 6.07) is 11.5. The van der Waals surface area contributed by atoms with Gasteiger partial charge >= 0.3 is 12.6 Å². The number of imide groups is 1. The summed E-state index contributed by atoms with van der Waals surface area (Å²) in [7, 11) is 1.38. The molecular formula is C20H18F2N4O4S. The number of thioether (sulfide) groups is 1. The van der Waals surface area contributed by atoms with Crippen molar-refractivity contribution in [2.24, 2.45) is 0 Å². The van der Waals surface area contributed by atoms with E-state index < -0.39 is 29.4 Å². The van der Waals surface area contributed by atoms with Crippen LogP contribution in [0.2, 0.25) is 0 Å². The summed E-state index contributed by atoms with van der Waals surface area (Å²) < 4.78 is 30.5. The monoisotopic (exact) mass is 448 g/mol. The smallest absolute Gasteiger partial charge is 0.387 e. The first-order valence-corrected chi connectivity index (χ1v) is 9.94. The van der Waals surface area contributed by atoms with Gasteiger partial charge in [0, 0.05) is 7.05 Å². The van der Waals surface area contributed by atoms with Crippen molar-refractivity contribution >= 4 is 34.6 Å². The molecule has 0 saturated heterocycles. The molecule has 1 atom stereocenters. The molecule has 3 amide bonds. The molecule has 1 heterocycles. The molecular weight excluding hydrogens is 430 g/mol. The summed E-state index contributed by atoms with van der Waals surface area (Å²) in [4.78, 5) is 41.4. The van der Waals surface area contributed by atoms with E-state index in [1.54, 1.807) is 31.2 Å². The van der Waals surface area contributed by atoms with Crippen LogP contribution in [0.1, 0.15) is 6.92 Å². The number of carbonyl (C=O) groups is 2. The van der Waals surface area contributed by atoms with E-state index in [9.17, 15) is 23.2 Å². The zero-order valence-electron chi connectivity index (χ0n) is 16.5. The average molecular weight is 448 g/mol. The van der Waals surface area contributed by atoms with Gasteiger partial charge in [-0.15, -0.1) is 0 Å². The number of halogens is 2. The van der Waals surface area contributed by atoms with Crippen molar-refractivity contribution < 1.29 is 23.1 Å². The number of nitrogens with one attached hydrogen (secondary N) is 2. The highest BCUT2D eigenvalue weighted by molar-refractivity contribution is 8.00. The van der Waals surface area contributed by atoms with Gasteiger partial charge in [0.15, 0.2) is 5.16 Å². The minimum absolute atomic E-state index is 0.0620. The van der Waals surface area contributed by atoms with Crippen LogP contribution in [0.15, 0.2) is 58.5 Å². The number of benzene rings is 2. The molecule has 0 bridgehead atoms. The van der Waals surface area contributed by atoms with Crippen LogP contribution in [0.3, 0.4) is 0 Å². The molecule has 11 heteroatoms. The Morgan fingerprint density at radius 2 is 1.81 bits per heavy atom. The molecule has 0 aliphatic rings. The highest BCUT2D eigenvalue weighted by Gasteiger charge is 2.21. The van der Waals surface area contributed by atoms with Crippen molar-refractivity contribution in [3.05, 3.63) is 58.9 Å². The van der Waals surface area contributed by atoms with E-state index in [1.165, 1.54) is 35.9 Å². The molecule has 0 aliphatic heterocycles. The van der Waals surface area contributed by atoms with Gasteiger partial charge in [-0.25, -0.2) is 9.78 Å². The van der Waals surface area contributed by atoms with Gasteiger partial charge < -0.3 is 10.1 Å². The fraction of sp³-hybridized carbons (Fsp3) is 0.200. The fourth-order valence-corrected chi connectivity index (χ4v) is 3.61. The summed E-state index contributed by atoms with van der Waals surface area (Å²) in [5.41, 5.74) is 0.392. The molecule has 8 nitrogen and oxygen atoms in total. The number of para-hydroxylation sites is 1. The quantitative estimate of drug-likeness (QED) is 0.444. The van der Waals surface area contributed by atoms with Crippen molar-refractivity contribution in [2.75, 3.05) is 7.05 Å². The third-order valence-electron chi connectivity index (χ3n) is 4.18. The number of rotatable bonds is 6. The third-order valence-corrected chi connectivity index (χ3v) is 5.23. The Morgan fingerprint density at radius 1 is 1.13 bits per heavy atom. The normalized spacial score (nSPS) is 11.9. The van der Waals surface area contributed by atoms with Gasteiger partial charge in [0.1, 0.15) is 5.75 Å². The van der Waals surface area contributed by atoms with Crippen LogP contribution in [0.5, 0.6) is 5.75 Å². The van der Waals surface area contributed by atoms with Gasteiger partial charge in [-0.2, -0.15) is 8.78 Å². The number of hydrogen-bond donors (Lipinski definition) is 2. The summed E-state index contributed by atoms with van der Waals surface area (Å²) in [6.07, 6.45) is 0. The molecule has 162 valence electrons. The maximum atomic E-state index is 13.2. The lowest BCUT2D eigenvalue weighted by atomic mass is 10.2. The molecule has 2 N–H and O–H groups in total. The fourth-order valence-electron chi connectivity index (χ4n) is 2.68. The lowest BCUT2D eigenvalue weighted by Gasteiger charge is -2.16. The first kappa shape index (κ1) is 22.2. The maximum absolute atomic E-state index is 13.2. The second-order valence-electron chi connectivity index (χ2n) is 6.25. The van der Waals surface area contributed by atoms with Crippen molar-refractivity contribution in [3.63, 3.8) is 0 Å². The second-order valence-corrected chi connectivity index (χ2v) is 7.56. The zero-order valence-corrected chi connectivity index (χ0v) is 17.3. The number of fused-ring (bicyclic) bond motifs is 1. The third kappa shape index (κ3) is 5.18. The van der Waals surface area contributed by atoms with E-state index in [1.807, 2.05) is 0 Å².